The van der Waals surface area contributed by atoms with Gasteiger partial charge in [-0.1, -0.05) is 6.92 Å². The number of nitrogens with two attached hydrogens (primary N) is 1. The molecule has 5 heteroatoms. The third-order valence-corrected chi connectivity index (χ3v) is 2.87. The van der Waals surface area contributed by atoms with Gasteiger partial charge < -0.3 is 19.9 Å². The van der Waals surface area contributed by atoms with Crippen LogP contribution in [0.1, 0.15) is 26.0 Å². The highest BCUT2D eigenvalue weighted by atomic mass is 16.5. The number of imidazole rings is 1. The predicted molar refractivity (Wildman–Crippen MR) is 75.0 cm³/mol. The van der Waals surface area contributed by atoms with E-state index < -0.39 is 0 Å². The zero-order valence-electron chi connectivity index (χ0n) is 11.9. The molecule has 0 aliphatic carbocycles. The molecule has 18 heavy (non-hydrogen) atoms. The lowest BCUT2D eigenvalue weighted by Gasteiger charge is -2.18. The maximum atomic E-state index is 5.60. The van der Waals surface area contributed by atoms with Crippen LogP contribution >= 0.6 is 0 Å². The van der Waals surface area contributed by atoms with E-state index in [4.69, 9.17) is 10.5 Å². The van der Waals surface area contributed by atoms with Crippen molar-refractivity contribution >= 4 is 5.95 Å². The summed E-state index contributed by atoms with van der Waals surface area (Å²) in [6, 6.07) is 0. The highest BCUT2D eigenvalue weighted by Crippen LogP contribution is 2.14. The summed E-state index contributed by atoms with van der Waals surface area (Å²) in [5.74, 6) is 1.01. The fraction of sp³-hybridized carbons (Fsp3) is 0.769. The number of ether oxygens (including phenoxy) is 1. The van der Waals surface area contributed by atoms with Crippen LogP contribution in [0.15, 0.2) is 6.20 Å². The van der Waals surface area contributed by atoms with Crippen molar-refractivity contribution in [1.29, 1.82) is 0 Å². The Morgan fingerprint density at radius 1 is 1.44 bits per heavy atom. The molecule has 1 heterocycles. The molecule has 0 amide bonds. The van der Waals surface area contributed by atoms with Crippen LogP contribution in [-0.2, 0) is 17.7 Å². The van der Waals surface area contributed by atoms with Crippen molar-refractivity contribution < 1.29 is 4.74 Å². The molecule has 0 aliphatic rings. The first-order valence-electron chi connectivity index (χ1n) is 6.77. The molecule has 0 bridgehead atoms. The van der Waals surface area contributed by atoms with Gasteiger partial charge in [-0.05, 0) is 19.8 Å². The molecular weight excluding hydrogens is 228 g/mol. The minimum absolute atomic E-state index is 0.643. The van der Waals surface area contributed by atoms with Gasteiger partial charge in [-0.25, -0.2) is 4.98 Å². The Hall–Kier alpha value is -1.07. The topological polar surface area (TPSA) is 56.3 Å². The minimum atomic E-state index is 0.643. The quantitative estimate of drug-likeness (QED) is 0.674. The third-order valence-electron chi connectivity index (χ3n) is 2.87. The zero-order valence-corrected chi connectivity index (χ0v) is 11.9. The Balaban J connectivity index is 2.65. The summed E-state index contributed by atoms with van der Waals surface area (Å²) in [6.07, 6.45) is 4.10. The van der Waals surface area contributed by atoms with E-state index in [1.165, 1.54) is 0 Å². The average Bonchev–Trinajstić information content (AvgIpc) is 2.78. The molecule has 1 aromatic rings. The molecule has 0 unspecified atom stereocenters. The van der Waals surface area contributed by atoms with Gasteiger partial charge in [0.2, 0.25) is 5.95 Å². The number of nitrogens with zero attached hydrogens (tertiary/aromatic N) is 3. The first-order valence-corrected chi connectivity index (χ1v) is 6.77. The molecule has 2 N–H and O–H groups in total. The predicted octanol–water partition coefficient (Wildman–Crippen LogP) is 1.27. The van der Waals surface area contributed by atoms with E-state index in [1.807, 2.05) is 14.0 Å². The Morgan fingerprint density at radius 2 is 2.22 bits per heavy atom. The summed E-state index contributed by atoms with van der Waals surface area (Å²) in [4.78, 5) is 6.75. The van der Waals surface area contributed by atoms with E-state index in [2.05, 4.69) is 27.6 Å². The van der Waals surface area contributed by atoms with Crippen molar-refractivity contribution in [3.8, 4) is 0 Å². The van der Waals surface area contributed by atoms with Gasteiger partial charge in [0.25, 0.3) is 0 Å². The van der Waals surface area contributed by atoms with Crippen LogP contribution in [0.4, 0.5) is 5.95 Å². The molecule has 0 saturated heterocycles. The number of hydrogen-bond acceptors (Lipinski definition) is 4. The zero-order chi connectivity index (χ0) is 13.4. The molecule has 0 fully saturated rings. The molecule has 104 valence electrons. The van der Waals surface area contributed by atoms with E-state index in [9.17, 15) is 0 Å². The third kappa shape index (κ3) is 4.31. The van der Waals surface area contributed by atoms with E-state index in [1.54, 1.807) is 0 Å². The lowest BCUT2D eigenvalue weighted by molar-refractivity contribution is 0.141. The van der Waals surface area contributed by atoms with E-state index in [0.29, 0.717) is 6.54 Å². The number of anilines is 1. The molecule has 0 saturated carbocycles. The fourth-order valence-electron chi connectivity index (χ4n) is 1.87. The normalized spacial score (nSPS) is 10.9. The van der Waals surface area contributed by atoms with Gasteiger partial charge in [-0.3, -0.25) is 0 Å². The SMILES string of the molecule is CCOCCCn1cc(CC)nc1N(C)CCN. The second-order valence-electron chi connectivity index (χ2n) is 4.34. The minimum Gasteiger partial charge on any atom is -0.382 e. The Morgan fingerprint density at radius 3 is 2.83 bits per heavy atom. The van der Waals surface area contributed by atoms with Crippen molar-refractivity contribution in [1.82, 2.24) is 9.55 Å². The Kier molecular flexibility index (Phi) is 6.75. The van der Waals surface area contributed by atoms with Crippen LogP contribution in [0.2, 0.25) is 0 Å². The summed E-state index contributed by atoms with van der Waals surface area (Å²) < 4.78 is 7.57. The lowest BCUT2D eigenvalue weighted by atomic mass is 10.4. The number of aromatic nitrogens is 2. The van der Waals surface area contributed by atoms with Crippen molar-refractivity contribution in [2.45, 2.75) is 33.2 Å². The van der Waals surface area contributed by atoms with Crippen molar-refractivity contribution in [3.05, 3.63) is 11.9 Å². The number of hydrogen-bond donors (Lipinski definition) is 1. The monoisotopic (exact) mass is 254 g/mol. The summed E-state index contributed by atoms with van der Waals surface area (Å²) in [5.41, 5.74) is 6.73. The smallest absolute Gasteiger partial charge is 0.205 e. The van der Waals surface area contributed by atoms with Crippen molar-refractivity contribution in [2.24, 2.45) is 5.73 Å². The van der Waals surface area contributed by atoms with Gasteiger partial charge in [-0.2, -0.15) is 0 Å². The van der Waals surface area contributed by atoms with Gasteiger partial charge in [0.15, 0.2) is 0 Å². The van der Waals surface area contributed by atoms with Gasteiger partial charge in [0.05, 0.1) is 5.69 Å². The summed E-state index contributed by atoms with van der Waals surface area (Å²) >= 11 is 0. The number of aryl methyl sites for hydroxylation is 2. The summed E-state index contributed by atoms with van der Waals surface area (Å²) in [5, 5.41) is 0. The van der Waals surface area contributed by atoms with Gasteiger partial charge in [0, 0.05) is 46.1 Å². The highest BCUT2D eigenvalue weighted by molar-refractivity contribution is 5.32. The van der Waals surface area contributed by atoms with E-state index in [0.717, 1.165) is 50.8 Å². The number of likely N-dealkylation sites (N-methyl/N-ethyl adjacent to an activating group) is 1. The second kappa shape index (κ2) is 8.11. The first kappa shape index (κ1) is 15.0. The summed E-state index contributed by atoms with van der Waals surface area (Å²) in [7, 11) is 2.04. The van der Waals surface area contributed by atoms with Crippen molar-refractivity contribution in [2.75, 3.05) is 38.3 Å². The average molecular weight is 254 g/mol. The first-order chi connectivity index (χ1) is 8.72. The Bertz CT molecular complexity index is 338. The van der Waals surface area contributed by atoms with Gasteiger partial charge >= 0.3 is 0 Å². The molecule has 0 aliphatic heterocycles. The molecule has 0 aromatic carbocycles. The van der Waals surface area contributed by atoms with E-state index in [-0.39, 0.29) is 0 Å². The summed E-state index contributed by atoms with van der Waals surface area (Å²) in [6.45, 7) is 8.14. The van der Waals surface area contributed by atoms with E-state index >= 15 is 0 Å². The van der Waals surface area contributed by atoms with Crippen LogP contribution in [0, 0.1) is 0 Å². The molecule has 1 aromatic heterocycles. The standard InChI is InChI=1S/C13H26N4O/c1-4-12-11-17(8-6-10-18-5-2)13(15-12)16(3)9-7-14/h11H,4-10,14H2,1-3H3. The van der Waals surface area contributed by atoms with Crippen LogP contribution < -0.4 is 10.6 Å². The van der Waals surface area contributed by atoms with Crippen LogP contribution in [0.5, 0.6) is 0 Å². The molecule has 0 spiro atoms. The Labute approximate surface area is 110 Å². The van der Waals surface area contributed by atoms with Gasteiger partial charge in [0.1, 0.15) is 0 Å². The van der Waals surface area contributed by atoms with Crippen LogP contribution in [0.3, 0.4) is 0 Å². The largest absolute Gasteiger partial charge is 0.382 e. The highest BCUT2D eigenvalue weighted by Gasteiger charge is 2.10. The number of rotatable bonds is 9. The second-order valence-corrected chi connectivity index (χ2v) is 4.34. The van der Waals surface area contributed by atoms with Crippen LogP contribution in [-0.4, -0.2) is 42.9 Å². The molecule has 5 nitrogen and oxygen atoms in total. The molecule has 0 atom stereocenters. The van der Waals surface area contributed by atoms with Crippen LogP contribution in [0.25, 0.3) is 0 Å². The van der Waals surface area contributed by atoms with Crippen molar-refractivity contribution in [3.63, 3.8) is 0 Å². The fourth-order valence-corrected chi connectivity index (χ4v) is 1.87. The molecule has 1 rings (SSSR count). The molecular formula is C13H26N4O. The van der Waals surface area contributed by atoms with Gasteiger partial charge in [-0.15, -0.1) is 0 Å². The lowest BCUT2D eigenvalue weighted by Crippen LogP contribution is -2.27. The maximum absolute atomic E-state index is 5.60. The molecule has 0 radical (unpaired) electrons. The maximum Gasteiger partial charge on any atom is 0.205 e.